The van der Waals surface area contributed by atoms with Crippen LogP contribution in [-0.4, -0.2) is 35.5 Å². The van der Waals surface area contributed by atoms with Gasteiger partial charge in [0.2, 0.25) is 5.89 Å². The molecule has 1 aromatic carbocycles. The van der Waals surface area contributed by atoms with Gasteiger partial charge < -0.3 is 14.6 Å². The van der Waals surface area contributed by atoms with Gasteiger partial charge in [-0.1, -0.05) is 5.10 Å². The Balaban J connectivity index is 2.23. The van der Waals surface area contributed by atoms with Crippen molar-refractivity contribution in [2.75, 3.05) is 19.4 Å². The van der Waals surface area contributed by atoms with Crippen LogP contribution in [0.5, 0.6) is 0 Å². The van der Waals surface area contributed by atoms with Crippen LogP contribution >= 0.6 is 0 Å². The molecule has 0 saturated heterocycles. The maximum Gasteiger partial charge on any atom is 0.320 e. The van der Waals surface area contributed by atoms with E-state index < -0.39 is 0 Å². The Morgan fingerprint density at radius 1 is 1.40 bits per heavy atom. The number of rotatable bonds is 4. The van der Waals surface area contributed by atoms with E-state index in [1.165, 1.54) is 0 Å². The molecule has 1 N–H and O–H groups in total. The van der Waals surface area contributed by atoms with Gasteiger partial charge >= 0.3 is 6.01 Å². The largest absolute Gasteiger partial charge is 0.408 e. The van der Waals surface area contributed by atoms with E-state index in [1.807, 2.05) is 14.1 Å². The molecular weight excluding hydrogens is 256 g/mol. The first kappa shape index (κ1) is 13.5. The average molecular weight is 270 g/mol. The highest BCUT2D eigenvalue weighted by Crippen LogP contribution is 2.24. The van der Waals surface area contributed by atoms with Crippen LogP contribution in [0.3, 0.4) is 0 Å². The molecule has 0 spiro atoms. The smallest absolute Gasteiger partial charge is 0.320 e. The molecule has 2 rings (SSSR count). The van der Waals surface area contributed by atoms with E-state index in [2.05, 4.69) is 26.6 Å². The quantitative estimate of drug-likeness (QED) is 0.676. The van der Waals surface area contributed by atoms with E-state index in [0.29, 0.717) is 22.8 Å². The second-order valence-electron chi connectivity index (χ2n) is 4.30. The van der Waals surface area contributed by atoms with E-state index in [0.717, 1.165) is 0 Å². The first-order valence-corrected chi connectivity index (χ1v) is 5.90. The molecular formula is C13H14N6O. The zero-order valence-corrected chi connectivity index (χ0v) is 11.5. The Bertz CT molecular complexity index is 668. The zero-order valence-electron chi connectivity index (χ0n) is 11.5. The maximum absolute atomic E-state index is 9.16. The third kappa shape index (κ3) is 3.32. The fourth-order valence-electron chi connectivity index (χ4n) is 1.46. The summed E-state index contributed by atoms with van der Waals surface area (Å²) < 4.78 is 5.22. The molecule has 0 aliphatic heterocycles. The Hall–Kier alpha value is -2.88. The van der Waals surface area contributed by atoms with Crippen molar-refractivity contribution in [1.29, 1.82) is 5.26 Å². The van der Waals surface area contributed by atoms with Crippen LogP contribution in [0, 0.1) is 18.3 Å². The van der Waals surface area contributed by atoms with Crippen molar-refractivity contribution in [2.45, 2.75) is 6.92 Å². The van der Waals surface area contributed by atoms with Crippen molar-refractivity contribution in [3.63, 3.8) is 0 Å². The van der Waals surface area contributed by atoms with E-state index in [4.69, 9.17) is 9.68 Å². The van der Waals surface area contributed by atoms with Crippen LogP contribution in [0.25, 0.3) is 0 Å². The van der Waals surface area contributed by atoms with Crippen LogP contribution in [0.2, 0.25) is 0 Å². The van der Waals surface area contributed by atoms with Crippen molar-refractivity contribution in [2.24, 2.45) is 4.99 Å². The number of hydrogen-bond acceptors (Lipinski definition) is 6. The highest BCUT2D eigenvalue weighted by molar-refractivity contribution is 5.69. The van der Waals surface area contributed by atoms with Gasteiger partial charge in [-0.05, 0) is 18.2 Å². The molecule has 2 aromatic rings. The van der Waals surface area contributed by atoms with Gasteiger partial charge in [0.25, 0.3) is 0 Å². The maximum atomic E-state index is 9.16. The summed E-state index contributed by atoms with van der Waals surface area (Å²) >= 11 is 0. The molecule has 0 bridgehead atoms. The number of benzene rings is 1. The molecule has 0 saturated carbocycles. The number of nitrogens with one attached hydrogen (secondary N) is 1. The second kappa shape index (κ2) is 5.84. The number of aromatic nitrogens is 2. The molecule has 1 aromatic heterocycles. The lowest BCUT2D eigenvalue weighted by atomic mass is 10.2. The Morgan fingerprint density at radius 2 is 2.20 bits per heavy atom. The predicted octanol–water partition coefficient (Wildman–Crippen LogP) is 2.21. The van der Waals surface area contributed by atoms with E-state index in [1.54, 1.807) is 36.4 Å². The highest BCUT2D eigenvalue weighted by atomic mass is 16.4. The van der Waals surface area contributed by atoms with Gasteiger partial charge in [0.1, 0.15) is 6.07 Å². The Morgan fingerprint density at radius 3 is 2.80 bits per heavy atom. The van der Waals surface area contributed by atoms with Gasteiger partial charge in [-0.3, -0.25) is 0 Å². The van der Waals surface area contributed by atoms with Gasteiger partial charge in [-0.15, -0.1) is 5.10 Å². The van der Waals surface area contributed by atoms with Gasteiger partial charge in [0.05, 0.1) is 17.6 Å². The van der Waals surface area contributed by atoms with Crippen LogP contribution < -0.4 is 5.32 Å². The normalized spacial score (nSPS) is 10.5. The van der Waals surface area contributed by atoms with Crippen molar-refractivity contribution >= 4 is 23.7 Å². The molecule has 1 heterocycles. The SMILES string of the molecule is Cc1nnc(Nc2ccc(/N=C/N(C)C)c(C#N)c2)o1. The number of aliphatic imine (C=N–C) groups is 1. The molecule has 0 unspecified atom stereocenters. The Labute approximate surface area is 116 Å². The lowest BCUT2D eigenvalue weighted by Crippen LogP contribution is -2.07. The predicted molar refractivity (Wildman–Crippen MR) is 75.3 cm³/mol. The molecule has 0 amide bonds. The third-order valence-electron chi connectivity index (χ3n) is 2.32. The summed E-state index contributed by atoms with van der Waals surface area (Å²) in [7, 11) is 3.73. The number of nitrogens with zero attached hydrogens (tertiary/aromatic N) is 5. The fourth-order valence-corrected chi connectivity index (χ4v) is 1.46. The van der Waals surface area contributed by atoms with Gasteiger partial charge in [-0.25, -0.2) is 4.99 Å². The standard InChI is InChI=1S/C13H14N6O/c1-9-17-18-13(20-9)16-11-4-5-12(10(6-11)7-14)15-8-19(2)3/h4-6,8H,1-3H3,(H,16,18)/b15-8+. The molecule has 0 aliphatic carbocycles. The van der Waals surface area contributed by atoms with Crippen molar-refractivity contribution in [1.82, 2.24) is 15.1 Å². The van der Waals surface area contributed by atoms with Crippen LogP contribution in [0.1, 0.15) is 11.5 Å². The van der Waals surface area contributed by atoms with Crippen molar-refractivity contribution in [3.8, 4) is 6.07 Å². The zero-order chi connectivity index (χ0) is 14.5. The summed E-state index contributed by atoms with van der Waals surface area (Å²) in [6.45, 7) is 1.71. The molecule has 7 heteroatoms. The minimum atomic E-state index is 0.288. The summed E-state index contributed by atoms with van der Waals surface area (Å²) in [6, 6.07) is 7.63. The number of aryl methyl sites for hydroxylation is 1. The first-order valence-electron chi connectivity index (χ1n) is 5.90. The topological polar surface area (TPSA) is 90.3 Å². The highest BCUT2D eigenvalue weighted by Gasteiger charge is 2.06. The van der Waals surface area contributed by atoms with Crippen LogP contribution in [0.15, 0.2) is 27.6 Å². The minimum Gasteiger partial charge on any atom is -0.408 e. The molecule has 0 fully saturated rings. The minimum absolute atomic E-state index is 0.288. The molecule has 7 nitrogen and oxygen atoms in total. The van der Waals surface area contributed by atoms with Gasteiger partial charge in [-0.2, -0.15) is 5.26 Å². The second-order valence-corrected chi connectivity index (χ2v) is 4.30. The van der Waals surface area contributed by atoms with Gasteiger partial charge in [0.15, 0.2) is 0 Å². The van der Waals surface area contributed by atoms with E-state index in [9.17, 15) is 0 Å². The summed E-state index contributed by atoms with van der Waals surface area (Å²) in [5.41, 5.74) is 1.76. The average Bonchev–Trinajstić information content (AvgIpc) is 2.82. The number of anilines is 2. The summed E-state index contributed by atoms with van der Waals surface area (Å²) in [6.07, 6.45) is 1.64. The van der Waals surface area contributed by atoms with Crippen molar-refractivity contribution in [3.05, 3.63) is 29.7 Å². The van der Waals surface area contributed by atoms with Gasteiger partial charge in [0, 0.05) is 26.7 Å². The fraction of sp³-hybridized carbons (Fsp3) is 0.231. The summed E-state index contributed by atoms with van der Waals surface area (Å²) in [5.74, 6) is 0.472. The first-order chi connectivity index (χ1) is 9.58. The molecule has 20 heavy (non-hydrogen) atoms. The number of hydrogen-bond donors (Lipinski definition) is 1. The van der Waals surface area contributed by atoms with Crippen LogP contribution in [-0.2, 0) is 0 Å². The van der Waals surface area contributed by atoms with Crippen LogP contribution in [0.4, 0.5) is 17.4 Å². The van der Waals surface area contributed by atoms with Crippen molar-refractivity contribution < 1.29 is 4.42 Å². The molecule has 0 aliphatic rings. The molecule has 0 atom stereocenters. The number of nitriles is 1. The molecule has 0 radical (unpaired) electrons. The van der Waals surface area contributed by atoms with E-state index >= 15 is 0 Å². The Kier molecular flexibility index (Phi) is 3.96. The third-order valence-corrected chi connectivity index (χ3v) is 2.32. The lowest BCUT2D eigenvalue weighted by molar-refractivity contribution is 0.535. The summed E-state index contributed by atoms with van der Waals surface area (Å²) in [5, 5.41) is 19.6. The molecule has 102 valence electrons. The summed E-state index contributed by atoms with van der Waals surface area (Å²) in [4.78, 5) is 6.03. The van der Waals surface area contributed by atoms with E-state index in [-0.39, 0.29) is 6.01 Å². The monoisotopic (exact) mass is 270 g/mol. The lowest BCUT2D eigenvalue weighted by Gasteiger charge is -2.05.